The highest BCUT2D eigenvalue weighted by atomic mass is 79.9. The molecule has 1 atom stereocenters. The molecule has 0 fully saturated rings. The lowest BCUT2D eigenvalue weighted by atomic mass is 10.2. The number of carbonyl (C=O) groups is 1. The molecule has 1 heterocycles. The highest BCUT2D eigenvalue weighted by molar-refractivity contribution is 9.11. The van der Waals surface area contributed by atoms with Crippen molar-refractivity contribution in [3.63, 3.8) is 0 Å². The third-order valence-electron chi connectivity index (χ3n) is 1.46. The van der Waals surface area contributed by atoms with E-state index >= 15 is 0 Å². The molecule has 1 aromatic rings. The van der Waals surface area contributed by atoms with E-state index in [1.807, 2.05) is 6.92 Å². The van der Waals surface area contributed by atoms with Gasteiger partial charge in [-0.3, -0.25) is 10.1 Å². The Kier molecular flexibility index (Phi) is 4.97. The predicted molar refractivity (Wildman–Crippen MR) is 63.9 cm³/mol. The van der Waals surface area contributed by atoms with Crippen molar-refractivity contribution in [2.75, 3.05) is 5.32 Å². The van der Waals surface area contributed by atoms with Crippen LogP contribution in [0.2, 0.25) is 0 Å². The highest BCUT2D eigenvalue weighted by Crippen LogP contribution is 2.21. The molecule has 0 aliphatic carbocycles. The Bertz CT molecular complexity index is 318. The number of alkyl halides is 1. The summed E-state index contributed by atoms with van der Waals surface area (Å²) in [5.74, 6) is -0.0736. The smallest absolute Gasteiger partial charge is 0.239 e. The summed E-state index contributed by atoms with van der Waals surface area (Å²) in [6.07, 6.45) is 1.77. The molecule has 1 aromatic heterocycles. The second-order valence-electron chi connectivity index (χ2n) is 2.61. The minimum Gasteiger partial charge on any atom is -0.300 e. The number of nitrogens with zero attached hydrogens (tertiary/aromatic N) is 2. The number of hydrogen-bond acceptors (Lipinski definition) is 4. The van der Waals surface area contributed by atoms with E-state index in [0.29, 0.717) is 9.05 Å². The fraction of sp³-hybridized carbons (Fsp3) is 0.571. The maximum atomic E-state index is 11.5. The fourth-order valence-corrected chi connectivity index (χ4v) is 2.41. The lowest BCUT2D eigenvalue weighted by Crippen LogP contribution is -2.22. The second-order valence-corrected chi connectivity index (χ2v) is 5.96. The lowest BCUT2D eigenvalue weighted by Gasteiger charge is -2.06. The van der Waals surface area contributed by atoms with Crippen molar-refractivity contribution >= 4 is 54.2 Å². The average Bonchev–Trinajstić information content (AvgIpc) is 2.51. The van der Waals surface area contributed by atoms with Gasteiger partial charge in [0.1, 0.15) is 0 Å². The number of aromatic nitrogens is 2. The van der Waals surface area contributed by atoms with Gasteiger partial charge in [0.05, 0.1) is 4.83 Å². The summed E-state index contributed by atoms with van der Waals surface area (Å²) < 4.78 is 0.661. The summed E-state index contributed by atoms with van der Waals surface area (Å²) in [5, 5.41) is 10.7. The zero-order valence-corrected chi connectivity index (χ0v) is 11.4. The maximum Gasteiger partial charge on any atom is 0.239 e. The molecule has 0 bridgehead atoms. The Balaban J connectivity index is 2.48. The van der Waals surface area contributed by atoms with Crippen LogP contribution in [0, 0.1) is 0 Å². The number of nitrogens with one attached hydrogen (secondary N) is 1. The molecule has 7 heteroatoms. The Hall–Kier alpha value is -0.0100. The van der Waals surface area contributed by atoms with Gasteiger partial charge in [-0.2, -0.15) is 0 Å². The van der Waals surface area contributed by atoms with Crippen molar-refractivity contribution in [3.8, 4) is 0 Å². The van der Waals surface area contributed by atoms with Gasteiger partial charge in [-0.15, -0.1) is 10.2 Å². The van der Waals surface area contributed by atoms with Crippen molar-refractivity contribution in [1.29, 1.82) is 0 Å². The number of halogens is 2. The first-order valence-corrected chi connectivity index (χ1v) is 6.60. The standard InChI is InChI=1S/C7H9Br2N3OS/c1-2-3-4(8)5(13)10-7-12-11-6(9)14-7/h4H,2-3H2,1H3,(H,10,12,13). The van der Waals surface area contributed by atoms with E-state index in [9.17, 15) is 4.79 Å². The lowest BCUT2D eigenvalue weighted by molar-refractivity contribution is -0.115. The third kappa shape index (κ3) is 3.62. The highest BCUT2D eigenvalue weighted by Gasteiger charge is 2.15. The van der Waals surface area contributed by atoms with E-state index in [2.05, 4.69) is 47.4 Å². The van der Waals surface area contributed by atoms with Crippen LogP contribution in [0.5, 0.6) is 0 Å². The van der Waals surface area contributed by atoms with Crippen LogP contribution in [0.3, 0.4) is 0 Å². The molecule has 78 valence electrons. The SMILES string of the molecule is CCCC(Br)C(=O)Nc1nnc(Br)s1. The zero-order valence-electron chi connectivity index (χ0n) is 7.46. The van der Waals surface area contributed by atoms with Gasteiger partial charge >= 0.3 is 0 Å². The molecule has 1 N–H and O–H groups in total. The Morgan fingerprint density at radius 1 is 1.64 bits per heavy atom. The topological polar surface area (TPSA) is 54.9 Å². The molecule has 1 unspecified atom stereocenters. The molecule has 0 spiro atoms. The van der Waals surface area contributed by atoms with E-state index in [-0.39, 0.29) is 10.7 Å². The number of amides is 1. The van der Waals surface area contributed by atoms with Crippen LogP contribution in [-0.4, -0.2) is 20.9 Å². The molecule has 1 rings (SSSR count). The predicted octanol–water partition coefficient (Wildman–Crippen LogP) is 2.80. The van der Waals surface area contributed by atoms with E-state index in [4.69, 9.17) is 0 Å². The third-order valence-corrected chi connectivity index (χ3v) is 3.60. The molecule has 0 aliphatic rings. The summed E-state index contributed by atoms with van der Waals surface area (Å²) >= 11 is 7.77. The quantitative estimate of drug-likeness (QED) is 0.856. The minimum absolute atomic E-state index is 0.0736. The van der Waals surface area contributed by atoms with Gasteiger partial charge < -0.3 is 0 Å². The summed E-state index contributed by atoms with van der Waals surface area (Å²) in [6, 6.07) is 0. The molecule has 14 heavy (non-hydrogen) atoms. The van der Waals surface area contributed by atoms with E-state index < -0.39 is 0 Å². The van der Waals surface area contributed by atoms with E-state index in [1.165, 1.54) is 11.3 Å². The van der Waals surface area contributed by atoms with Crippen LogP contribution in [0.1, 0.15) is 19.8 Å². The van der Waals surface area contributed by atoms with Gasteiger partial charge in [0.25, 0.3) is 0 Å². The minimum atomic E-state index is -0.157. The van der Waals surface area contributed by atoms with Crippen molar-refractivity contribution < 1.29 is 4.79 Å². The number of hydrogen-bond donors (Lipinski definition) is 1. The van der Waals surface area contributed by atoms with Crippen LogP contribution in [0.15, 0.2) is 3.92 Å². The van der Waals surface area contributed by atoms with Crippen LogP contribution in [-0.2, 0) is 4.79 Å². The van der Waals surface area contributed by atoms with E-state index in [1.54, 1.807) is 0 Å². The van der Waals surface area contributed by atoms with Crippen LogP contribution in [0.4, 0.5) is 5.13 Å². The molecule has 0 aromatic carbocycles. The van der Waals surface area contributed by atoms with Gasteiger partial charge in [-0.1, -0.05) is 40.6 Å². The average molecular weight is 343 g/mol. The Morgan fingerprint density at radius 2 is 2.36 bits per heavy atom. The molecule has 0 radical (unpaired) electrons. The number of rotatable bonds is 4. The van der Waals surface area contributed by atoms with Crippen LogP contribution >= 0.6 is 43.2 Å². The van der Waals surface area contributed by atoms with Crippen LogP contribution < -0.4 is 5.32 Å². The Labute approximate surface area is 103 Å². The maximum absolute atomic E-state index is 11.5. The van der Waals surface area contributed by atoms with E-state index in [0.717, 1.165) is 12.8 Å². The summed E-state index contributed by atoms with van der Waals surface area (Å²) in [7, 11) is 0. The van der Waals surface area contributed by atoms with Gasteiger partial charge in [-0.05, 0) is 22.4 Å². The number of carbonyl (C=O) groups excluding carboxylic acids is 1. The van der Waals surface area contributed by atoms with Crippen molar-refractivity contribution in [1.82, 2.24) is 10.2 Å². The molecule has 0 saturated heterocycles. The largest absolute Gasteiger partial charge is 0.300 e. The summed E-state index contributed by atoms with van der Waals surface area (Å²) in [6.45, 7) is 2.03. The molecule has 4 nitrogen and oxygen atoms in total. The fourth-order valence-electron chi connectivity index (χ4n) is 0.824. The first-order chi connectivity index (χ1) is 6.63. The molecule has 0 saturated carbocycles. The van der Waals surface area contributed by atoms with Crippen molar-refractivity contribution in [2.45, 2.75) is 24.6 Å². The molecular weight excluding hydrogens is 334 g/mol. The first kappa shape index (κ1) is 12.1. The molecular formula is C7H9Br2N3OS. The van der Waals surface area contributed by atoms with Gasteiger partial charge in [0, 0.05) is 0 Å². The Morgan fingerprint density at radius 3 is 2.86 bits per heavy atom. The van der Waals surface area contributed by atoms with Gasteiger partial charge in [0.15, 0.2) is 3.92 Å². The first-order valence-electron chi connectivity index (χ1n) is 4.07. The molecule has 1 amide bonds. The normalized spacial score (nSPS) is 12.5. The second kappa shape index (κ2) is 5.77. The monoisotopic (exact) mass is 341 g/mol. The van der Waals surface area contributed by atoms with Gasteiger partial charge in [0.2, 0.25) is 11.0 Å². The van der Waals surface area contributed by atoms with Crippen molar-refractivity contribution in [3.05, 3.63) is 3.92 Å². The zero-order chi connectivity index (χ0) is 10.6. The summed E-state index contributed by atoms with van der Waals surface area (Å²) in [5.41, 5.74) is 0. The molecule has 0 aliphatic heterocycles. The van der Waals surface area contributed by atoms with Gasteiger partial charge in [-0.25, -0.2) is 0 Å². The van der Waals surface area contributed by atoms with Crippen LogP contribution in [0.25, 0.3) is 0 Å². The number of anilines is 1. The summed E-state index contributed by atoms with van der Waals surface area (Å²) in [4.78, 5) is 11.3. The van der Waals surface area contributed by atoms with Crippen molar-refractivity contribution in [2.24, 2.45) is 0 Å².